The van der Waals surface area contributed by atoms with Crippen LogP contribution in [0.4, 0.5) is 5.69 Å². The van der Waals surface area contributed by atoms with Gasteiger partial charge < -0.3 is 15.5 Å². The van der Waals surface area contributed by atoms with Crippen LogP contribution in [-0.2, 0) is 11.2 Å². The third-order valence-electron chi connectivity index (χ3n) is 3.27. The number of thiocarbonyl (C=S) groups is 1. The molecule has 0 aliphatic rings. The van der Waals surface area contributed by atoms with Gasteiger partial charge in [-0.05, 0) is 63.5 Å². The Morgan fingerprint density at radius 3 is 2.35 bits per heavy atom. The Labute approximate surface area is 145 Å². The Kier molecular flexibility index (Phi) is 7.49. The molecule has 0 fully saturated rings. The standard InChI is InChI=1S/C18H29N3OS/c1-6-7-8-14-9-11-15(12-10-14)19-17(23)21(5)13-16(22)20-18(2,3)4/h9-12H,6-8,13H2,1-5H3,(H,19,23)(H,20,22). The summed E-state index contributed by atoms with van der Waals surface area (Å²) in [5.41, 5.74) is 2.04. The lowest BCUT2D eigenvalue weighted by atomic mass is 10.1. The van der Waals surface area contributed by atoms with Crippen molar-refractivity contribution in [1.82, 2.24) is 10.2 Å². The number of nitrogens with zero attached hydrogens (tertiary/aromatic N) is 1. The van der Waals surface area contributed by atoms with Gasteiger partial charge in [0.1, 0.15) is 0 Å². The zero-order valence-electron chi connectivity index (χ0n) is 14.9. The molecule has 0 radical (unpaired) electrons. The first-order chi connectivity index (χ1) is 10.7. The minimum absolute atomic E-state index is 0.0425. The number of carbonyl (C=O) groups excluding carboxylic acids is 1. The largest absolute Gasteiger partial charge is 0.350 e. The number of likely N-dealkylation sites (N-methyl/N-ethyl adjacent to an activating group) is 1. The van der Waals surface area contributed by atoms with Crippen molar-refractivity contribution < 1.29 is 4.79 Å². The predicted octanol–water partition coefficient (Wildman–Crippen LogP) is 3.57. The first-order valence-corrected chi connectivity index (χ1v) is 8.54. The molecule has 23 heavy (non-hydrogen) atoms. The minimum Gasteiger partial charge on any atom is -0.350 e. The molecule has 0 saturated carbocycles. The van der Waals surface area contributed by atoms with Gasteiger partial charge in [0.2, 0.25) is 5.91 Å². The molecule has 0 aliphatic carbocycles. The summed E-state index contributed by atoms with van der Waals surface area (Å²) in [7, 11) is 1.81. The first-order valence-electron chi connectivity index (χ1n) is 8.13. The van der Waals surface area contributed by atoms with E-state index in [4.69, 9.17) is 12.2 Å². The molecule has 5 heteroatoms. The number of nitrogens with one attached hydrogen (secondary N) is 2. The molecule has 0 aromatic heterocycles. The van der Waals surface area contributed by atoms with Crippen LogP contribution in [0.2, 0.25) is 0 Å². The highest BCUT2D eigenvalue weighted by molar-refractivity contribution is 7.80. The maximum Gasteiger partial charge on any atom is 0.239 e. The van der Waals surface area contributed by atoms with E-state index in [1.165, 1.54) is 18.4 Å². The number of hydrogen-bond acceptors (Lipinski definition) is 2. The molecule has 128 valence electrons. The summed E-state index contributed by atoms with van der Waals surface area (Å²) in [5, 5.41) is 6.64. The van der Waals surface area contributed by atoms with Crippen LogP contribution >= 0.6 is 12.2 Å². The number of rotatable bonds is 6. The summed E-state index contributed by atoms with van der Waals surface area (Å²) in [6, 6.07) is 8.29. The van der Waals surface area contributed by atoms with Crippen molar-refractivity contribution in [1.29, 1.82) is 0 Å². The molecule has 0 saturated heterocycles. The zero-order chi connectivity index (χ0) is 17.5. The molecular formula is C18H29N3OS. The van der Waals surface area contributed by atoms with E-state index in [0.29, 0.717) is 5.11 Å². The maximum atomic E-state index is 11.9. The number of anilines is 1. The van der Waals surface area contributed by atoms with E-state index in [-0.39, 0.29) is 18.0 Å². The summed E-state index contributed by atoms with van der Waals surface area (Å²) in [6.45, 7) is 8.31. The van der Waals surface area contributed by atoms with Crippen LogP contribution in [0.25, 0.3) is 0 Å². The van der Waals surface area contributed by atoms with Crippen LogP contribution in [0, 0.1) is 0 Å². The van der Waals surface area contributed by atoms with Gasteiger partial charge in [0.05, 0.1) is 6.54 Å². The van der Waals surface area contributed by atoms with Crippen molar-refractivity contribution in [3.63, 3.8) is 0 Å². The average Bonchev–Trinajstić information content (AvgIpc) is 2.44. The highest BCUT2D eigenvalue weighted by Crippen LogP contribution is 2.12. The maximum absolute atomic E-state index is 11.9. The summed E-state index contributed by atoms with van der Waals surface area (Å²) in [5.74, 6) is -0.0425. The third-order valence-corrected chi connectivity index (χ3v) is 3.68. The Hall–Kier alpha value is -1.62. The van der Waals surface area contributed by atoms with Gasteiger partial charge in [-0.2, -0.15) is 0 Å². The Balaban J connectivity index is 2.50. The van der Waals surface area contributed by atoms with Crippen molar-refractivity contribution in [2.75, 3.05) is 18.9 Å². The van der Waals surface area contributed by atoms with E-state index in [1.807, 2.05) is 40.0 Å². The van der Waals surface area contributed by atoms with Crippen LogP contribution in [0.5, 0.6) is 0 Å². The van der Waals surface area contributed by atoms with E-state index >= 15 is 0 Å². The van der Waals surface area contributed by atoms with E-state index in [9.17, 15) is 4.79 Å². The molecule has 0 unspecified atom stereocenters. The summed E-state index contributed by atoms with van der Waals surface area (Å²) in [4.78, 5) is 13.7. The Morgan fingerprint density at radius 1 is 1.22 bits per heavy atom. The molecule has 1 aromatic rings. The molecule has 0 spiro atoms. The lowest BCUT2D eigenvalue weighted by Crippen LogP contribution is -2.47. The number of amides is 1. The zero-order valence-corrected chi connectivity index (χ0v) is 15.7. The third kappa shape index (κ3) is 7.98. The quantitative estimate of drug-likeness (QED) is 0.780. The minimum atomic E-state index is -0.235. The molecule has 0 bridgehead atoms. The summed E-state index contributed by atoms with van der Waals surface area (Å²) < 4.78 is 0. The van der Waals surface area contributed by atoms with E-state index in [1.54, 1.807) is 4.90 Å². The van der Waals surface area contributed by atoms with E-state index < -0.39 is 0 Å². The van der Waals surface area contributed by atoms with Crippen LogP contribution in [-0.4, -0.2) is 35.1 Å². The SMILES string of the molecule is CCCCc1ccc(NC(=S)N(C)CC(=O)NC(C)(C)C)cc1. The number of unbranched alkanes of at least 4 members (excludes halogenated alkanes) is 1. The fraction of sp³-hybridized carbons (Fsp3) is 0.556. The fourth-order valence-electron chi connectivity index (χ4n) is 2.10. The van der Waals surface area contributed by atoms with Gasteiger partial charge in [0.15, 0.2) is 5.11 Å². The van der Waals surface area contributed by atoms with Gasteiger partial charge >= 0.3 is 0 Å². The highest BCUT2D eigenvalue weighted by Gasteiger charge is 2.16. The second-order valence-electron chi connectivity index (χ2n) is 6.88. The lowest BCUT2D eigenvalue weighted by Gasteiger charge is -2.25. The summed E-state index contributed by atoms with van der Waals surface area (Å²) in [6.07, 6.45) is 3.51. The van der Waals surface area contributed by atoms with Crippen LogP contribution in [0.1, 0.15) is 46.1 Å². The van der Waals surface area contributed by atoms with Gasteiger partial charge in [0, 0.05) is 18.3 Å². The van der Waals surface area contributed by atoms with Crippen LogP contribution in [0.15, 0.2) is 24.3 Å². The normalized spacial score (nSPS) is 11.0. The second-order valence-corrected chi connectivity index (χ2v) is 7.27. The van der Waals surface area contributed by atoms with Crippen molar-refractivity contribution in [3.8, 4) is 0 Å². The summed E-state index contributed by atoms with van der Waals surface area (Å²) >= 11 is 5.36. The average molecular weight is 336 g/mol. The molecular weight excluding hydrogens is 306 g/mol. The first kappa shape index (κ1) is 19.4. The van der Waals surface area contributed by atoms with Gasteiger partial charge in [-0.3, -0.25) is 4.79 Å². The van der Waals surface area contributed by atoms with E-state index in [0.717, 1.165) is 12.1 Å². The molecule has 4 nitrogen and oxygen atoms in total. The molecule has 0 atom stereocenters. The van der Waals surface area contributed by atoms with Gasteiger partial charge in [0.25, 0.3) is 0 Å². The molecule has 0 aliphatic heterocycles. The lowest BCUT2D eigenvalue weighted by molar-refractivity contribution is -0.122. The van der Waals surface area contributed by atoms with Crippen molar-refractivity contribution in [3.05, 3.63) is 29.8 Å². The van der Waals surface area contributed by atoms with Gasteiger partial charge in [-0.1, -0.05) is 25.5 Å². The fourth-order valence-corrected chi connectivity index (χ4v) is 2.28. The van der Waals surface area contributed by atoms with Crippen molar-refractivity contribution in [2.24, 2.45) is 0 Å². The number of aryl methyl sites for hydroxylation is 1. The molecule has 1 rings (SSSR count). The van der Waals surface area contributed by atoms with Gasteiger partial charge in [-0.25, -0.2) is 0 Å². The van der Waals surface area contributed by atoms with Gasteiger partial charge in [-0.15, -0.1) is 0 Å². The molecule has 1 amide bonds. The smallest absolute Gasteiger partial charge is 0.239 e. The molecule has 1 aromatic carbocycles. The van der Waals surface area contributed by atoms with Crippen molar-refractivity contribution in [2.45, 2.75) is 52.5 Å². The van der Waals surface area contributed by atoms with Crippen LogP contribution in [0.3, 0.4) is 0 Å². The molecule has 2 N–H and O–H groups in total. The monoisotopic (exact) mass is 335 g/mol. The highest BCUT2D eigenvalue weighted by atomic mass is 32.1. The molecule has 0 heterocycles. The van der Waals surface area contributed by atoms with E-state index in [2.05, 4.69) is 29.7 Å². The number of benzene rings is 1. The Morgan fingerprint density at radius 2 is 1.83 bits per heavy atom. The van der Waals surface area contributed by atoms with Crippen LogP contribution < -0.4 is 10.6 Å². The Bertz CT molecular complexity index is 520. The second kappa shape index (κ2) is 8.87. The number of carbonyl (C=O) groups is 1. The topological polar surface area (TPSA) is 44.4 Å². The van der Waals surface area contributed by atoms with Crippen molar-refractivity contribution >= 4 is 28.9 Å². The number of hydrogen-bond donors (Lipinski definition) is 2. The predicted molar refractivity (Wildman–Crippen MR) is 102 cm³/mol.